The number of carbonyl (C=O) groups excluding carboxylic acids is 1. The van der Waals surface area contributed by atoms with Crippen LogP contribution in [-0.2, 0) is 5.75 Å². The maximum absolute atomic E-state index is 12.1. The number of rotatable bonds is 5. The molecule has 0 heterocycles. The first-order valence-electron chi connectivity index (χ1n) is 5.86. The third kappa shape index (κ3) is 4.42. The molecule has 0 aliphatic heterocycles. The molecule has 0 aliphatic rings. The van der Waals surface area contributed by atoms with Crippen molar-refractivity contribution in [3.63, 3.8) is 0 Å². The molecule has 0 saturated carbocycles. The second-order valence-electron chi connectivity index (χ2n) is 4.17. The Kier molecular flexibility index (Phi) is 5.79. The zero-order valence-corrected chi connectivity index (χ0v) is 13.5. The van der Waals surface area contributed by atoms with Crippen LogP contribution in [0.2, 0.25) is 15.1 Å². The Morgan fingerprint density at radius 3 is 2.25 bits per heavy atom. The lowest BCUT2D eigenvalue weighted by molar-refractivity contribution is 0.102. The molecule has 0 bridgehead atoms. The van der Waals surface area contributed by atoms with Gasteiger partial charge in [0.1, 0.15) is 0 Å². The Labute approximate surface area is 137 Å². The van der Waals surface area contributed by atoms with Gasteiger partial charge in [-0.15, -0.1) is 11.8 Å². The summed E-state index contributed by atoms with van der Waals surface area (Å²) in [6.07, 6.45) is 0. The molecule has 104 valence electrons. The highest BCUT2D eigenvalue weighted by Crippen LogP contribution is 2.23. The maximum atomic E-state index is 12.1. The van der Waals surface area contributed by atoms with Crippen molar-refractivity contribution in [2.75, 3.05) is 5.75 Å². The number of hydrogen-bond acceptors (Lipinski definition) is 2. The minimum atomic E-state index is 0.00521. The van der Waals surface area contributed by atoms with Crippen LogP contribution in [0.25, 0.3) is 0 Å². The van der Waals surface area contributed by atoms with Crippen molar-refractivity contribution in [2.24, 2.45) is 0 Å². The van der Waals surface area contributed by atoms with E-state index in [1.807, 2.05) is 24.3 Å². The number of carbonyl (C=O) groups is 1. The van der Waals surface area contributed by atoms with E-state index in [-0.39, 0.29) is 5.78 Å². The third-order valence-corrected chi connectivity index (χ3v) is 4.45. The van der Waals surface area contributed by atoms with Crippen molar-refractivity contribution in [1.82, 2.24) is 0 Å². The molecule has 0 spiro atoms. The average molecular weight is 346 g/mol. The van der Waals surface area contributed by atoms with Crippen LogP contribution >= 0.6 is 46.6 Å². The summed E-state index contributed by atoms with van der Waals surface area (Å²) in [5.41, 5.74) is 1.65. The quantitative estimate of drug-likeness (QED) is 0.640. The van der Waals surface area contributed by atoms with E-state index in [0.717, 1.165) is 11.3 Å². The number of hydrogen-bond donors (Lipinski definition) is 0. The van der Waals surface area contributed by atoms with Gasteiger partial charge in [0.05, 0.1) is 10.8 Å². The fraction of sp³-hybridized carbons (Fsp3) is 0.133. The summed E-state index contributed by atoms with van der Waals surface area (Å²) in [6, 6.07) is 12.5. The summed E-state index contributed by atoms with van der Waals surface area (Å²) in [5.74, 6) is 1.14. The van der Waals surface area contributed by atoms with E-state index < -0.39 is 0 Å². The van der Waals surface area contributed by atoms with Crippen molar-refractivity contribution in [3.8, 4) is 0 Å². The van der Waals surface area contributed by atoms with Crippen molar-refractivity contribution in [2.45, 2.75) is 5.75 Å². The van der Waals surface area contributed by atoms with Crippen molar-refractivity contribution < 1.29 is 4.79 Å². The van der Waals surface area contributed by atoms with E-state index in [1.54, 1.807) is 30.0 Å². The highest BCUT2D eigenvalue weighted by atomic mass is 35.5. The molecule has 0 N–H and O–H groups in total. The highest BCUT2D eigenvalue weighted by molar-refractivity contribution is 7.99. The Bertz CT molecular complexity index is 611. The van der Waals surface area contributed by atoms with Crippen LogP contribution < -0.4 is 0 Å². The molecule has 0 unspecified atom stereocenters. The predicted molar refractivity (Wildman–Crippen MR) is 88.4 cm³/mol. The Morgan fingerprint density at radius 1 is 0.950 bits per heavy atom. The summed E-state index contributed by atoms with van der Waals surface area (Å²) in [4.78, 5) is 12.1. The number of halogens is 3. The molecule has 0 amide bonds. The summed E-state index contributed by atoms with van der Waals surface area (Å²) < 4.78 is 0. The molecule has 0 atom stereocenters. The molecule has 2 aromatic carbocycles. The first-order valence-corrected chi connectivity index (χ1v) is 8.15. The molecular formula is C15H11Cl3OS. The first-order chi connectivity index (χ1) is 9.56. The monoisotopic (exact) mass is 344 g/mol. The molecule has 0 aromatic heterocycles. The third-order valence-electron chi connectivity index (χ3n) is 2.65. The molecule has 20 heavy (non-hydrogen) atoms. The molecule has 0 aliphatic carbocycles. The van der Waals surface area contributed by atoms with Crippen molar-refractivity contribution in [1.29, 1.82) is 0 Å². The van der Waals surface area contributed by atoms with E-state index in [9.17, 15) is 4.79 Å². The fourth-order valence-electron chi connectivity index (χ4n) is 1.64. The van der Waals surface area contributed by atoms with Crippen molar-refractivity contribution in [3.05, 3.63) is 68.7 Å². The number of Topliss-reactive ketones (excluding diaryl/α,β-unsaturated/α-hetero) is 1. The maximum Gasteiger partial charge on any atom is 0.174 e. The second-order valence-corrected chi connectivity index (χ2v) is 6.43. The second kappa shape index (κ2) is 7.37. The smallest absolute Gasteiger partial charge is 0.174 e. The van der Waals surface area contributed by atoms with Gasteiger partial charge < -0.3 is 0 Å². The Balaban J connectivity index is 1.90. The zero-order valence-electron chi connectivity index (χ0n) is 10.4. The summed E-state index contributed by atoms with van der Waals surface area (Å²) in [6.45, 7) is 0. The van der Waals surface area contributed by atoms with Gasteiger partial charge in [0, 0.05) is 21.4 Å². The van der Waals surface area contributed by atoms with Gasteiger partial charge >= 0.3 is 0 Å². The molecule has 0 saturated heterocycles. The first kappa shape index (κ1) is 15.7. The molecule has 1 nitrogen and oxygen atoms in total. The van der Waals surface area contributed by atoms with Crippen LogP contribution in [0.15, 0.2) is 42.5 Å². The van der Waals surface area contributed by atoms with E-state index >= 15 is 0 Å². The van der Waals surface area contributed by atoms with Gasteiger partial charge in [0.25, 0.3) is 0 Å². The predicted octanol–water partition coefficient (Wildman–Crippen LogP) is 5.76. The number of thioether (sulfide) groups is 1. The van der Waals surface area contributed by atoms with Gasteiger partial charge in [-0.05, 0) is 35.9 Å². The van der Waals surface area contributed by atoms with Gasteiger partial charge in [-0.2, -0.15) is 0 Å². The molecule has 5 heteroatoms. The average Bonchev–Trinajstić information content (AvgIpc) is 2.41. The minimum absolute atomic E-state index is 0.00521. The largest absolute Gasteiger partial charge is 0.293 e. The van der Waals surface area contributed by atoms with Crippen LogP contribution in [0.4, 0.5) is 0 Å². The standard InChI is InChI=1S/C15H11Cl3OS/c16-11-3-1-10(2-4-11)8-20-9-15(19)13-6-5-12(17)7-14(13)18/h1-7H,8-9H2. The van der Waals surface area contributed by atoms with Crippen LogP contribution in [0, 0.1) is 0 Å². The van der Waals surface area contributed by atoms with Crippen molar-refractivity contribution >= 4 is 52.3 Å². The lowest BCUT2D eigenvalue weighted by atomic mass is 10.1. The molecule has 0 fully saturated rings. The van der Waals surface area contributed by atoms with Crippen LogP contribution in [0.1, 0.15) is 15.9 Å². The lowest BCUT2D eigenvalue weighted by Crippen LogP contribution is -2.03. The van der Waals surface area contributed by atoms with Gasteiger partial charge in [0.2, 0.25) is 0 Å². The Morgan fingerprint density at radius 2 is 1.60 bits per heavy atom. The fourth-order valence-corrected chi connectivity index (χ4v) is 3.15. The number of ketones is 1. The number of benzene rings is 2. The van der Waals surface area contributed by atoms with Gasteiger partial charge in [0.15, 0.2) is 5.78 Å². The summed E-state index contributed by atoms with van der Waals surface area (Å²) >= 11 is 19.2. The normalized spacial score (nSPS) is 10.6. The van der Waals surface area contributed by atoms with E-state index in [0.29, 0.717) is 26.4 Å². The summed E-state index contributed by atoms with van der Waals surface area (Å²) in [7, 11) is 0. The topological polar surface area (TPSA) is 17.1 Å². The highest BCUT2D eigenvalue weighted by Gasteiger charge is 2.10. The summed E-state index contributed by atoms with van der Waals surface area (Å²) in [5, 5.41) is 1.64. The molecule has 2 rings (SSSR count). The van der Waals surface area contributed by atoms with Crippen LogP contribution in [0.3, 0.4) is 0 Å². The van der Waals surface area contributed by atoms with E-state index in [2.05, 4.69) is 0 Å². The Hall–Kier alpha value is -0.670. The van der Waals surface area contributed by atoms with E-state index in [1.165, 1.54) is 0 Å². The van der Waals surface area contributed by atoms with Gasteiger partial charge in [-0.3, -0.25) is 4.79 Å². The van der Waals surface area contributed by atoms with Gasteiger partial charge in [-0.25, -0.2) is 0 Å². The molecule has 2 aromatic rings. The molecule has 0 radical (unpaired) electrons. The minimum Gasteiger partial charge on any atom is -0.293 e. The zero-order chi connectivity index (χ0) is 14.5. The SMILES string of the molecule is O=C(CSCc1ccc(Cl)cc1)c1ccc(Cl)cc1Cl. The molecular weight excluding hydrogens is 335 g/mol. The lowest BCUT2D eigenvalue weighted by Gasteiger charge is -2.04. The van der Waals surface area contributed by atoms with E-state index in [4.69, 9.17) is 34.8 Å². The van der Waals surface area contributed by atoms with Gasteiger partial charge in [-0.1, -0.05) is 46.9 Å². The van der Waals surface area contributed by atoms with Crippen LogP contribution in [-0.4, -0.2) is 11.5 Å². The van der Waals surface area contributed by atoms with Crippen LogP contribution in [0.5, 0.6) is 0 Å².